The Hall–Kier alpha value is -1.81. The van der Waals surface area contributed by atoms with E-state index >= 15 is 0 Å². The van der Waals surface area contributed by atoms with Crippen LogP contribution in [0.25, 0.3) is 11.3 Å². The molecule has 5 heteroatoms. The summed E-state index contributed by atoms with van der Waals surface area (Å²) in [7, 11) is 0. The van der Waals surface area contributed by atoms with Crippen molar-refractivity contribution in [3.8, 4) is 11.3 Å². The van der Waals surface area contributed by atoms with Gasteiger partial charge >= 0.3 is 0 Å². The van der Waals surface area contributed by atoms with Crippen LogP contribution >= 0.6 is 11.6 Å². The minimum absolute atomic E-state index is 0.229. The van der Waals surface area contributed by atoms with E-state index in [4.69, 9.17) is 17.3 Å². The maximum atomic E-state index is 14.1. The number of hydrogen-bond acceptors (Lipinski definition) is 2. The molecule has 0 aliphatic rings. The lowest BCUT2D eigenvalue weighted by Gasteiger charge is -2.19. The van der Waals surface area contributed by atoms with Gasteiger partial charge in [-0.05, 0) is 12.1 Å². The van der Waals surface area contributed by atoms with Crippen LogP contribution < -0.4 is 5.73 Å². The molecule has 3 nitrogen and oxygen atoms in total. The Bertz CT molecular complexity index is 663. The first-order chi connectivity index (χ1) is 9.77. The summed E-state index contributed by atoms with van der Waals surface area (Å²) in [4.78, 5) is 4.56. The van der Waals surface area contributed by atoms with Crippen molar-refractivity contribution in [1.29, 1.82) is 0 Å². The molecule has 0 aliphatic carbocycles. The lowest BCUT2D eigenvalue weighted by molar-refractivity contribution is 0.515. The predicted octanol–water partition coefficient (Wildman–Crippen LogP) is 4.41. The Morgan fingerprint density at radius 3 is 2.62 bits per heavy atom. The van der Waals surface area contributed by atoms with Gasteiger partial charge in [0.25, 0.3) is 0 Å². The number of aromatic nitrogens is 2. The van der Waals surface area contributed by atoms with Gasteiger partial charge in [0.15, 0.2) is 0 Å². The van der Waals surface area contributed by atoms with E-state index in [0.29, 0.717) is 23.1 Å². The Morgan fingerprint density at radius 2 is 2.10 bits per heavy atom. The average Bonchev–Trinajstić information content (AvgIpc) is 2.68. The number of nitrogens with zero attached hydrogens (tertiary/aromatic N) is 2. The number of nitrogen functional groups attached to an aromatic ring is 1. The highest BCUT2D eigenvalue weighted by Crippen LogP contribution is 2.36. The van der Waals surface area contributed by atoms with Crippen molar-refractivity contribution >= 4 is 17.4 Å². The number of imidazole rings is 1. The van der Waals surface area contributed by atoms with E-state index in [1.807, 2.05) is 25.3 Å². The summed E-state index contributed by atoms with van der Waals surface area (Å²) in [5.74, 6) is 0.735. The molecule has 0 bridgehead atoms. The molecule has 0 aliphatic heterocycles. The van der Waals surface area contributed by atoms with Crippen molar-refractivity contribution in [2.45, 2.75) is 32.7 Å². The van der Waals surface area contributed by atoms with Crippen molar-refractivity contribution in [3.63, 3.8) is 0 Å². The molecule has 2 aromatic rings. The van der Waals surface area contributed by atoms with Gasteiger partial charge in [-0.15, -0.1) is 6.58 Å². The van der Waals surface area contributed by atoms with Crippen LogP contribution in [0.15, 0.2) is 30.9 Å². The summed E-state index contributed by atoms with van der Waals surface area (Å²) < 4.78 is 16.0. The second kappa shape index (κ2) is 5.53. The molecule has 112 valence electrons. The zero-order valence-corrected chi connectivity index (χ0v) is 13.2. The third-order valence-corrected chi connectivity index (χ3v) is 3.50. The van der Waals surface area contributed by atoms with Crippen molar-refractivity contribution < 1.29 is 4.39 Å². The molecule has 0 saturated carbocycles. The van der Waals surface area contributed by atoms with Crippen molar-refractivity contribution in [2.75, 3.05) is 5.73 Å². The van der Waals surface area contributed by atoms with Crippen LogP contribution in [0.2, 0.25) is 5.02 Å². The summed E-state index contributed by atoms with van der Waals surface area (Å²) in [5, 5.41) is 0.297. The lowest BCUT2D eigenvalue weighted by atomic mass is 9.95. The molecule has 1 aromatic carbocycles. The van der Waals surface area contributed by atoms with Gasteiger partial charge in [0.2, 0.25) is 0 Å². The van der Waals surface area contributed by atoms with E-state index in [-0.39, 0.29) is 11.0 Å². The van der Waals surface area contributed by atoms with Crippen molar-refractivity contribution in [1.82, 2.24) is 9.55 Å². The van der Waals surface area contributed by atoms with E-state index in [1.165, 1.54) is 6.07 Å². The molecular weight excluding hydrogens is 289 g/mol. The molecule has 0 fully saturated rings. The normalized spacial score (nSPS) is 11.7. The summed E-state index contributed by atoms with van der Waals surface area (Å²) in [6.45, 7) is 10.3. The Morgan fingerprint density at radius 1 is 1.43 bits per heavy atom. The first kappa shape index (κ1) is 15.6. The molecule has 21 heavy (non-hydrogen) atoms. The fraction of sp³-hybridized carbons (Fsp3) is 0.312. The minimum Gasteiger partial charge on any atom is -0.383 e. The summed E-state index contributed by atoms with van der Waals surface area (Å²) >= 11 is 6.12. The van der Waals surface area contributed by atoms with Crippen molar-refractivity contribution in [3.05, 3.63) is 47.5 Å². The maximum absolute atomic E-state index is 14.1. The Labute approximate surface area is 129 Å². The quantitative estimate of drug-likeness (QED) is 0.854. The largest absolute Gasteiger partial charge is 0.383 e. The highest BCUT2D eigenvalue weighted by Gasteiger charge is 2.26. The molecule has 0 amide bonds. The SMILES string of the molecule is C=CCn1c(C(C)(C)C)nc(-c2c(F)cccc2Cl)c1N. The highest BCUT2D eigenvalue weighted by atomic mass is 35.5. The molecule has 1 heterocycles. The van der Waals surface area contributed by atoms with E-state index in [1.54, 1.807) is 18.2 Å². The lowest BCUT2D eigenvalue weighted by Crippen LogP contribution is -2.19. The maximum Gasteiger partial charge on any atom is 0.134 e. The van der Waals surface area contributed by atoms with Crippen molar-refractivity contribution in [2.24, 2.45) is 0 Å². The summed E-state index contributed by atoms with van der Waals surface area (Å²) in [6, 6.07) is 4.54. The Balaban J connectivity index is 2.74. The fourth-order valence-electron chi connectivity index (χ4n) is 2.26. The number of hydrogen-bond donors (Lipinski definition) is 1. The molecule has 0 saturated heterocycles. The van der Waals surface area contributed by atoms with Crippen LogP contribution in [-0.4, -0.2) is 9.55 Å². The third-order valence-electron chi connectivity index (χ3n) is 3.19. The van der Waals surface area contributed by atoms with Gasteiger partial charge in [-0.3, -0.25) is 0 Å². The van der Waals surface area contributed by atoms with Crippen LogP contribution in [0.1, 0.15) is 26.6 Å². The highest BCUT2D eigenvalue weighted by molar-refractivity contribution is 6.33. The molecule has 2 rings (SSSR count). The van der Waals surface area contributed by atoms with Gasteiger partial charge in [-0.25, -0.2) is 9.37 Å². The fourth-order valence-corrected chi connectivity index (χ4v) is 2.51. The van der Waals surface area contributed by atoms with Crippen LogP contribution in [0.4, 0.5) is 10.2 Å². The predicted molar refractivity (Wildman–Crippen MR) is 85.9 cm³/mol. The molecule has 1 aromatic heterocycles. The van der Waals surface area contributed by atoms with Crippen LogP contribution in [0.3, 0.4) is 0 Å². The van der Waals surface area contributed by atoms with Gasteiger partial charge in [0.1, 0.15) is 23.2 Å². The van der Waals surface area contributed by atoms with E-state index in [2.05, 4.69) is 11.6 Å². The standard InChI is InChI=1S/C16H19ClFN3/c1-5-9-21-14(19)13(20-15(21)16(2,3)4)12-10(17)7-6-8-11(12)18/h5-8H,1,9,19H2,2-4H3. The van der Waals surface area contributed by atoms with E-state index in [0.717, 1.165) is 5.82 Å². The zero-order valence-electron chi connectivity index (χ0n) is 12.5. The minimum atomic E-state index is -0.432. The molecular formula is C16H19ClFN3. The summed E-state index contributed by atoms with van der Waals surface area (Å²) in [6.07, 6.45) is 1.74. The number of benzene rings is 1. The molecule has 0 atom stereocenters. The van der Waals surface area contributed by atoms with Crippen LogP contribution in [0, 0.1) is 5.82 Å². The number of nitrogens with two attached hydrogens (primary N) is 1. The Kier molecular flexibility index (Phi) is 4.10. The monoisotopic (exact) mass is 307 g/mol. The second-order valence-corrected chi connectivity index (χ2v) is 6.32. The smallest absolute Gasteiger partial charge is 0.134 e. The van der Waals surface area contributed by atoms with Gasteiger partial charge < -0.3 is 10.3 Å². The van der Waals surface area contributed by atoms with Gasteiger partial charge in [-0.1, -0.05) is 44.5 Å². The third kappa shape index (κ3) is 2.81. The molecule has 0 unspecified atom stereocenters. The molecule has 0 radical (unpaired) electrons. The average molecular weight is 308 g/mol. The van der Waals surface area contributed by atoms with Gasteiger partial charge in [0.05, 0.1) is 10.6 Å². The zero-order chi connectivity index (χ0) is 15.8. The molecule has 0 spiro atoms. The van der Waals surface area contributed by atoms with E-state index in [9.17, 15) is 4.39 Å². The topological polar surface area (TPSA) is 43.8 Å². The van der Waals surface area contributed by atoms with Crippen LogP contribution in [0.5, 0.6) is 0 Å². The first-order valence-corrected chi connectivity index (χ1v) is 7.07. The van der Waals surface area contributed by atoms with Gasteiger partial charge in [-0.2, -0.15) is 0 Å². The number of allylic oxidation sites excluding steroid dienone is 1. The number of halogens is 2. The summed E-state index contributed by atoms with van der Waals surface area (Å²) in [5.41, 5.74) is 6.58. The number of rotatable bonds is 3. The van der Waals surface area contributed by atoms with Crippen LogP contribution in [-0.2, 0) is 12.0 Å². The second-order valence-electron chi connectivity index (χ2n) is 5.92. The number of anilines is 1. The van der Waals surface area contributed by atoms with E-state index < -0.39 is 5.82 Å². The first-order valence-electron chi connectivity index (χ1n) is 6.69. The van der Waals surface area contributed by atoms with Gasteiger partial charge in [0, 0.05) is 12.0 Å². The molecule has 2 N–H and O–H groups in total.